The molecule has 0 bridgehead atoms. The van der Waals surface area contributed by atoms with Crippen molar-refractivity contribution in [3.05, 3.63) is 26.3 Å². The average Bonchev–Trinajstić information content (AvgIpc) is 2.82. The third-order valence-electron chi connectivity index (χ3n) is 3.29. The lowest BCUT2D eigenvalue weighted by Gasteiger charge is -2.06. The fourth-order valence-corrected chi connectivity index (χ4v) is 3.51. The van der Waals surface area contributed by atoms with Crippen LogP contribution in [0.3, 0.4) is 0 Å². The quantitative estimate of drug-likeness (QED) is 0.685. The molecule has 1 aromatic heterocycles. The van der Waals surface area contributed by atoms with Crippen LogP contribution in [-0.4, -0.2) is 13.7 Å². The lowest BCUT2D eigenvalue weighted by atomic mass is 10.1. The summed E-state index contributed by atoms with van der Waals surface area (Å²) >= 11 is 7.20. The molecule has 1 aromatic carbocycles. The zero-order chi connectivity index (χ0) is 14.7. The SMILES string of the molecule is CCCNCc1oc2c(Br)cc(OC)c(Br)c2c1CC. The molecule has 1 N–H and O–H groups in total. The van der Waals surface area contributed by atoms with Gasteiger partial charge < -0.3 is 14.5 Å². The Hall–Kier alpha value is -0.520. The predicted octanol–water partition coefficient (Wildman–Crippen LogP) is 5.03. The zero-order valence-electron chi connectivity index (χ0n) is 12.0. The second-order valence-corrected chi connectivity index (χ2v) is 6.26. The van der Waals surface area contributed by atoms with Crippen LogP contribution in [0.5, 0.6) is 5.75 Å². The maximum absolute atomic E-state index is 6.05. The molecule has 0 saturated carbocycles. The van der Waals surface area contributed by atoms with Crippen LogP contribution in [0.25, 0.3) is 11.0 Å². The van der Waals surface area contributed by atoms with Gasteiger partial charge in [0.25, 0.3) is 0 Å². The molecule has 0 fully saturated rings. The highest BCUT2D eigenvalue weighted by Gasteiger charge is 2.20. The number of methoxy groups -OCH3 is 1. The maximum Gasteiger partial charge on any atom is 0.150 e. The molecular weight excluding hydrogens is 386 g/mol. The summed E-state index contributed by atoms with van der Waals surface area (Å²) in [5, 5.41) is 4.50. The molecule has 0 unspecified atom stereocenters. The van der Waals surface area contributed by atoms with Crippen molar-refractivity contribution < 1.29 is 9.15 Å². The first-order valence-corrected chi connectivity index (χ1v) is 8.39. The second-order valence-electron chi connectivity index (χ2n) is 4.61. The number of rotatable bonds is 6. The van der Waals surface area contributed by atoms with Crippen molar-refractivity contribution in [1.82, 2.24) is 5.32 Å². The third kappa shape index (κ3) is 2.90. The smallest absolute Gasteiger partial charge is 0.150 e. The summed E-state index contributed by atoms with van der Waals surface area (Å²) in [4.78, 5) is 0. The van der Waals surface area contributed by atoms with Crippen LogP contribution in [-0.2, 0) is 13.0 Å². The Morgan fingerprint density at radius 3 is 2.65 bits per heavy atom. The maximum atomic E-state index is 6.05. The summed E-state index contributed by atoms with van der Waals surface area (Å²) in [7, 11) is 1.67. The molecule has 0 spiro atoms. The average molecular weight is 405 g/mol. The van der Waals surface area contributed by atoms with Crippen LogP contribution in [0, 0.1) is 0 Å². The molecule has 0 saturated heterocycles. The fourth-order valence-electron chi connectivity index (χ4n) is 2.32. The van der Waals surface area contributed by atoms with Gasteiger partial charge in [0.05, 0.1) is 22.6 Å². The summed E-state index contributed by atoms with van der Waals surface area (Å²) in [5.41, 5.74) is 2.11. The Morgan fingerprint density at radius 1 is 1.30 bits per heavy atom. The van der Waals surface area contributed by atoms with Gasteiger partial charge in [0, 0.05) is 10.9 Å². The molecule has 0 radical (unpaired) electrons. The zero-order valence-corrected chi connectivity index (χ0v) is 15.2. The van der Waals surface area contributed by atoms with E-state index in [9.17, 15) is 0 Å². The van der Waals surface area contributed by atoms with Crippen molar-refractivity contribution in [1.29, 1.82) is 0 Å². The summed E-state index contributed by atoms with van der Waals surface area (Å²) in [6.45, 7) is 6.05. The van der Waals surface area contributed by atoms with E-state index in [1.807, 2.05) is 6.07 Å². The minimum atomic E-state index is 0.757. The summed E-state index contributed by atoms with van der Waals surface area (Å²) in [5.74, 6) is 1.82. The summed E-state index contributed by atoms with van der Waals surface area (Å²) < 4.78 is 13.3. The Bertz CT molecular complexity index is 608. The molecule has 0 aliphatic carbocycles. The van der Waals surface area contributed by atoms with Gasteiger partial charge in [0.2, 0.25) is 0 Å². The van der Waals surface area contributed by atoms with Crippen molar-refractivity contribution in [3.8, 4) is 5.75 Å². The van der Waals surface area contributed by atoms with Crippen LogP contribution in [0.1, 0.15) is 31.6 Å². The van der Waals surface area contributed by atoms with E-state index in [1.165, 1.54) is 5.56 Å². The molecule has 0 aliphatic rings. The molecule has 5 heteroatoms. The number of hydrogen-bond donors (Lipinski definition) is 1. The van der Waals surface area contributed by atoms with E-state index in [2.05, 4.69) is 51.0 Å². The van der Waals surface area contributed by atoms with Gasteiger partial charge in [-0.3, -0.25) is 0 Å². The van der Waals surface area contributed by atoms with Gasteiger partial charge in [-0.25, -0.2) is 0 Å². The lowest BCUT2D eigenvalue weighted by molar-refractivity contribution is 0.412. The van der Waals surface area contributed by atoms with Gasteiger partial charge in [0.1, 0.15) is 17.1 Å². The van der Waals surface area contributed by atoms with E-state index in [0.717, 1.165) is 57.4 Å². The number of fused-ring (bicyclic) bond motifs is 1. The van der Waals surface area contributed by atoms with Gasteiger partial charge in [-0.2, -0.15) is 0 Å². The summed E-state index contributed by atoms with van der Waals surface area (Å²) in [6, 6.07) is 1.93. The Morgan fingerprint density at radius 2 is 2.05 bits per heavy atom. The Kier molecular flexibility index (Phi) is 5.52. The molecule has 0 atom stereocenters. The van der Waals surface area contributed by atoms with E-state index in [0.29, 0.717) is 0 Å². The van der Waals surface area contributed by atoms with Gasteiger partial charge in [-0.05, 0) is 57.3 Å². The third-order valence-corrected chi connectivity index (χ3v) is 4.66. The van der Waals surface area contributed by atoms with Crippen molar-refractivity contribution in [2.75, 3.05) is 13.7 Å². The first-order valence-electron chi connectivity index (χ1n) is 6.80. The number of ether oxygens (including phenoxy) is 1. The molecule has 0 aliphatic heterocycles. The Labute approximate surface area is 136 Å². The molecule has 0 amide bonds. The number of nitrogens with one attached hydrogen (secondary N) is 1. The van der Waals surface area contributed by atoms with Crippen LogP contribution < -0.4 is 10.1 Å². The molecular formula is C15H19Br2NO2. The molecule has 20 heavy (non-hydrogen) atoms. The highest BCUT2D eigenvalue weighted by atomic mass is 79.9. The molecule has 2 rings (SSSR count). The number of halogens is 2. The van der Waals surface area contributed by atoms with E-state index >= 15 is 0 Å². The topological polar surface area (TPSA) is 34.4 Å². The van der Waals surface area contributed by atoms with Crippen molar-refractivity contribution in [2.24, 2.45) is 0 Å². The highest BCUT2D eigenvalue weighted by Crippen LogP contribution is 2.42. The van der Waals surface area contributed by atoms with Crippen LogP contribution >= 0.6 is 31.9 Å². The van der Waals surface area contributed by atoms with E-state index in [-0.39, 0.29) is 0 Å². The first-order chi connectivity index (χ1) is 9.63. The second kappa shape index (κ2) is 6.96. The van der Waals surface area contributed by atoms with Crippen molar-refractivity contribution >= 4 is 42.8 Å². The molecule has 2 aromatic rings. The van der Waals surface area contributed by atoms with Crippen LogP contribution in [0.15, 0.2) is 19.4 Å². The van der Waals surface area contributed by atoms with E-state index in [4.69, 9.17) is 9.15 Å². The lowest BCUT2D eigenvalue weighted by Crippen LogP contribution is -2.14. The number of benzene rings is 1. The molecule has 110 valence electrons. The summed E-state index contributed by atoms with van der Waals surface area (Å²) in [6.07, 6.45) is 2.04. The number of aryl methyl sites for hydroxylation is 1. The normalized spacial score (nSPS) is 11.2. The number of hydrogen-bond acceptors (Lipinski definition) is 3. The fraction of sp³-hybridized carbons (Fsp3) is 0.467. The number of furan rings is 1. The van der Waals surface area contributed by atoms with Crippen molar-refractivity contribution in [2.45, 2.75) is 33.2 Å². The minimum Gasteiger partial charge on any atom is -0.496 e. The Balaban J connectivity index is 2.56. The highest BCUT2D eigenvalue weighted by molar-refractivity contribution is 9.11. The van der Waals surface area contributed by atoms with Gasteiger partial charge >= 0.3 is 0 Å². The van der Waals surface area contributed by atoms with Crippen LogP contribution in [0.4, 0.5) is 0 Å². The minimum absolute atomic E-state index is 0.757. The predicted molar refractivity (Wildman–Crippen MR) is 89.5 cm³/mol. The van der Waals surface area contributed by atoms with Crippen molar-refractivity contribution in [3.63, 3.8) is 0 Å². The van der Waals surface area contributed by atoms with Gasteiger partial charge in [-0.1, -0.05) is 13.8 Å². The standard InChI is InChI=1S/C15H19Br2NO2/c1-4-6-18-8-12-9(5-2)13-14(17)11(19-3)7-10(16)15(13)20-12/h7,18H,4-6,8H2,1-3H3. The van der Waals surface area contributed by atoms with Gasteiger partial charge in [-0.15, -0.1) is 0 Å². The molecule has 1 heterocycles. The van der Waals surface area contributed by atoms with Crippen LogP contribution in [0.2, 0.25) is 0 Å². The first kappa shape index (κ1) is 15.9. The van der Waals surface area contributed by atoms with E-state index in [1.54, 1.807) is 7.11 Å². The van der Waals surface area contributed by atoms with Gasteiger partial charge in [0.15, 0.2) is 0 Å². The monoisotopic (exact) mass is 403 g/mol. The molecule has 3 nitrogen and oxygen atoms in total. The van der Waals surface area contributed by atoms with E-state index < -0.39 is 0 Å². The largest absolute Gasteiger partial charge is 0.496 e.